The molecule has 1 amide bonds. The number of carboxylic acids is 1. The minimum absolute atomic E-state index is 0.287. The van der Waals surface area contributed by atoms with Crippen LogP contribution in [0.5, 0.6) is 0 Å². The van der Waals surface area contributed by atoms with E-state index in [0.717, 1.165) is 4.90 Å². The average Bonchev–Trinajstić information content (AvgIpc) is 2.15. The predicted octanol–water partition coefficient (Wildman–Crippen LogP) is 0.782. The fraction of sp³-hybridized carbons (Fsp3) is 0.125. The summed E-state index contributed by atoms with van der Waals surface area (Å²) in [5.41, 5.74) is 0.395. The topological polar surface area (TPSA) is 70.5 Å². The lowest BCUT2D eigenvalue weighted by atomic mass is 10.4. The summed E-state index contributed by atoms with van der Waals surface area (Å²) in [5.74, 6) is -1.09. The fourth-order valence-corrected chi connectivity index (χ4v) is 0.985. The van der Waals surface area contributed by atoms with Crippen LogP contribution in [0.15, 0.2) is 18.3 Å². The first kappa shape index (κ1) is 10.5. The zero-order chi connectivity index (χ0) is 10.6. The summed E-state index contributed by atoms with van der Waals surface area (Å²) in [7, 11) is 0. The Balaban J connectivity index is 2.84. The Labute approximate surface area is 84.9 Å². The summed E-state index contributed by atoms with van der Waals surface area (Å²) in [6.45, 7) is -0.396. The van der Waals surface area contributed by atoms with E-state index in [-0.39, 0.29) is 5.15 Å². The van der Waals surface area contributed by atoms with Gasteiger partial charge in [-0.1, -0.05) is 11.6 Å². The number of hydrogen-bond acceptors (Lipinski definition) is 3. The van der Waals surface area contributed by atoms with Crippen LogP contribution >= 0.6 is 11.6 Å². The first-order valence-corrected chi connectivity index (χ1v) is 4.06. The number of carboxylic acid groups (broad SMARTS) is 1. The molecule has 74 valence electrons. The van der Waals surface area contributed by atoms with Crippen molar-refractivity contribution < 1.29 is 14.7 Å². The maximum atomic E-state index is 10.5. The molecular weight excluding hydrogens is 208 g/mol. The largest absolute Gasteiger partial charge is 0.480 e. The summed E-state index contributed by atoms with van der Waals surface area (Å²) in [5, 5.41) is 8.77. The van der Waals surface area contributed by atoms with Crippen LogP contribution in [0.1, 0.15) is 0 Å². The molecule has 1 heterocycles. The van der Waals surface area contributed by atoms with Gasteiger partial charge in [-0.05, 0) is 12.1 Å². The summed E-state index contributed by atoms with van der Waals surface area (Å²) < 4.78 is 0. The molecule has 1 aromatic rings. The smallest absolute Gasteiger partial charge is 0.323 e. The number of anilines is 1. The number of amides is 1. The molecule has 0 spiro atoms. The van der Waals surface area contributed by atoms with Gasteiger partial charge < -0.3 is 10.0 Å². The van der Waals surface area contributed by atoms with Crippen molar-refractivity contribution in [3.63, 3.8) is 0 Å². The standard InChI is InChI=1S/C8H7ClN2O3/c9-7-2-1-6(3-10-7)11(5-12)4-8(13)14/h1-3,5H,4H2,(H,13,14). The molecular formula is C8H7ClN2O3. The van der Waals surface area contributed by atoms with E-state index in [4.69, 9.17) is 16.7 Å². The van der Waals surface area contributed by atoms with E-state index >= 15 is 0 Å². The number of rotatable bonds is 4. The van der Waals surface area contributed by atoms with E-state index in [1.165, 1.54) is 18.3 Å². The molecule has 14 heavy (non-hydrogen) atoms. The van der Waals surface area contributed by atoms with Crippen LogP contribution in [0.25, 0.3) is 0 Å². The minimum atomic E-state index is -1.09. The molecule has 1 aromatic heterocycles. The van der Waals surface area contributed by atoms with Crippen molar-refractivity contribution in [2.45, 2.75) is 0 Å². The maximum Gasteiger partial charge on any atom is 0.323 e. The van der Waals surface area contributed by atoms with Crippen molar-refractivity contribution in [1.82, 2.24) is 4.98 Å². The van der Waals surface area contributed by atoms with Gasteiger partial charge in [0, 0.05) is 0 Å². The van der Waals surface area contributed by atoms with Crippen molar-refractivity contribution in [2.24, 2.45) is 0 Å². The molecule has 0 aromatic carbocycles. The normalized spacial score (nSPS) is 9.50. The first-order chi connectivity index (χ1) is 6.63. The second kappa shape index (κ2) is 4.57. The predicted molar refractivity (Wildman–Crippen MR) is 50.3 cm³/mol. The van der Waals surface area contributed by atoms with E-state index in [2.05, 4.69) is 4.98 Å². The zero-order valence-electron chi connectivity index (χ0n) is 7.05. The highest BCUT2D eigenvalue weighted by molar-refractivity contribution is 6.29. The van der Waals surface area contributed by atoms with Crippen molar-refractivity contribution in [2.75, 3.05) is 11.4 Å². The highest BCUT2D eigenvalue weighted by Gasteiger charge is 2.09. The quantitative estimate of drug-likeness (QED) is 0.594. The van der Waals surface area contributed by atoms with E-state index in [0.29, 0.717) is 12.1 Å². The molecule has 0 radical (unpaired) electrons. The Bertz CT molecular complexity index is 339. The lowest BCUT2D eigenvalue weighted by Gasteiger charge is -2.13. The number of carbonyl (C=O) groups is 2. The highest BCUT2D eigenvalue weighted by Crippen LogP contribution is 2.13. The molecule has 1 rings (SSSR count). The van der Waals surface area contributed by atoms with E-state index in [1.54, 1.807) is 0 Å². The molecule has 0 unspecified atom stereocenters. The Morgan fingerprint density at radius 2 is 2.36 bits per heavy atom. The molecule has 5 nitrogen and oxygen atoms in total. The molecule has 0 saturated carbocycles. The summed E-state index contributed by atoms with van der Waals surface area (Å²) in [6.07, 6.45) is 1.76. The van der Waals surface area contributed by atoms with Crippen molar-refractivity contribution in [3.05, 3.63) is 23.5 Å². The van der Waals surface area contributed by atoms with Crippen LogP contribution in [0.3, 0.4) is 0 Å². The zero-order valence-corrected chi connectivity index (χ0v) is 7.81. The molecule has 0 saturated heterocycles. The van der Waals surface area contributed by atoms with Crippen LogP contribution < -0.4 is 4.90 Å². The molecule has 0 atom stereocenters. The summed E-state index contributed by atoms with van der Waals surface area (Å²) >= 11 is 5.53. The lowest BCUT2D eigenvalue weighted by molar-refractivity contribution is -0.136. The molecule has 0 aliphatic carbocycles. The minimum Gasteiger partial charge on any atom is -0.480 e. The number of carbonyl (C=O) groups excluding carboxylic acids is 1. The van der Waals surface area contributed by atoms with Gasteiger partial charge in [-0.25, -0.2) is 4.98 Å². The first-order valence-electron chi connectivity index (χ1n) is 3.69. The van der Waals surface area contributed by atoms with Crippen LogP contribution in [-0.4, -0.2) is 29.0 Å². The number of halogens is 1. The van der Waals surface area contributed by atoms with Crippen molar-refractivity contribution in [1.29, 1.82) is 0 Å². The number of pyridine rings is 1. The van der Waals surface area contributed by atoms with Gasteiger partial charge in [0.2, 0.25) is 6.41 Å². The van der Waals surface area contributed by atoms with E-state index in [9.17, 15) is 9.59 Å². The Morgan fingerprint density at radius 1 is 1.64 bits per heavy atom. The van der Waals surface area contributed by atoms with Gasteiger partial charge in [0.05, 0.1) is 11.9 Å². The third-order valence-corrected chi connectivity index (χ3v) is 1.70. The Hall–Kier alpha value is -1.62. The second-order valence-corrected chi connectivity index (χ2v) is 2.85. The van der Waals surface area contributed by atoms with Gasteiger partial charge in [0.25, 0.3) is 0 Å². The maximum absolute atomic E-state index is 10.5. The van der Waals surface area contributed by atoms with Crippen molar-refractivity contribution >= 4 is 29.7 Å². The third kappa shape index (κ3) is 2.70. The summed E-state index contributed by atoms with van der Waals surface area (Å²) in [6, 6.07) is 3.00. The molecule has 6 heteroatoms. The average molecular weight is 215 g/mol. The van der Waals surface area contributed by atoms with Crippen molar-refractivity contribution in [3.8, 4) is 0 Å². The SMILES string of the molecule is O=CN(CC(=O)O)c1ccc(Cl)nc1. The number of hydrogen-bond donors (Lipinski definition) is 1. The highest BCUT2D eigenvalue weighted by atomic mass is 35.5. The van der Waals surface area contributed by atoms with Gasteiger partial charge in [-0.15, -0.1) is 0 Å². The number of nitrogens with zero attached hydrogens (tertiary/aromatic N) is 2. The van der Waals surface area contributed by atoms with Crippen LogP contribution in [-0.2, 0) is 9.59 Å². The van der Waals surface area contributed by atoms with E-state index in [1.807, 2.05) is 0 Å². The van der Waals surface area contributed by atoms with Gasteiger partial charge in [0.1, 0.15) is 11.7 Å². The Morgan fingerprint density at radius 3 is 2.79 bits per heavy atom. The fourth-order valence-electron chi connectivity index (χ4n) is 0.873. The third-order valence-electron chi connectivity index (χ3n) is 1.48. The van der Waals surface area contributed by atoms with Gasteiger partial charge in [-0.3, -0.25) is 9.59 Å². The second-order valence-electron chi connectivity index (χ2n) is 2.47. The van der Waals surface area contributed by atoms with Gasteiger partial charge in [-0.2, -0.15) is 0 Å². The number of aromatic nitrogens is 1. The summed E-state index contributed by atoms with van der Waals surface area (Å²) in [4.78, 5) is 25.6. The van der Waals surface area contributed by atoms with Gasteiger partial charge in [0.15, 0.2) is 0 Å². The number of aliphatic carboxylic acids is 1. The molecule has 0 aliphatic heterocycles. The van der Waals surface area contributed by atoms with Gasteiger partial charge >= 0.3 is 5.97 Å². The Kier molecular flexibility index (Phi) is 3.41. The molecule has 0 aliphatic rings. The molecule has 0 bridgehead atoms. The molecule has 0 fully saturated rings. The lowest BCUT2D eigenvalue weighted by Crippen LogP contribution is -2.28. The van der Waals surface area contributed by atoms with Crippen LogP contribution in [0.2, 0.25) is 5.15 Å². The monoisotopic (exact) mass is 214 g/mol. The van der Waals surface area contributed by atoms with Crippen LogP contribution in [0, 0.1) is 0 Å². The van der Waals surface area contributed by atoms with Crippen LogP contribution in [0.4, 0.5) is 5.69 Å². The molecule has 1 N–H and O–H groups in total. The van der Waals surface area contributed by atoms with E-state index < -0.39 is 12.5 Å².